The summed E-state index contributed by atoms with van der Waals surface area (Å²) in [7, 11) is 0. The third-order valence-corrected chi connectivity index (χ3v) is 6.46. The Morgan fingerprint density at radius 2 is 1.84 bits per heavy atom. The highest BCUT2D eigenvalue weighted by molar-refractivity contribution is 8.26. The molecule has 32 heavy (non-hydrogen) atoms. The van der Waals surface area contributed by atoms with Crippen LogP contribution in [0.15, 0.2) is 23.1 Å². The first kappa shape index (κ1) is 26.2. The molecule has 0 aliphatic carbocycles. The predicted octanol–water partition coefficient (Wildman–Crippen LogP) is 5.89. The smallest absolute Gasteiger partial charge is 0.326 e. The summed E-state index contributed by atoms with van der Waals surface area (Å²) in [5.41, 5.74) is 0.768. The van der Waals surface area contributed by atoms with E-state index >= 15 is 0 Å². The zero-order valence-corrected chi connectivity index (χ0v) is 20.7. The third kappa shape index (κ3) is 7.24. The maximum atomic E-state index is 12.8. The van der Waals surface area contributed by atoms with Gasteiger partial charge in [-0.05, 0) is 43.5 Å². The molecule has 6 nitrogen and oxygen atoms in total. The summed E-state index contributed by atoms with van der Waals surface area (Å²) in [6.07, 6.45) is 9.18. The number of ether oxygens (including phenoxy) is 2. The third-order valence-electron chi connectivity index (χ3n) is 5.13. The molecular formula is C24H33NO5S2. The number of amides is 1. The average molecular weight is 480 g/mol. The van der Waals surface area contributed by atoms with E-state index in [0.29, 0.717) is 29.6 Å². The van der Waals surface area contributed by atoms with Crippen molar-refractivity contribution in [2.24, 2.45) is 0 Å². The van der Waals surface area contributed by atoms with Crippen molar-refractivity contribution in [3.63, 3.8) is 0 Å². The molecule has 1 atom stereocenters. The molecule has 1 saturated heterocycles. The largest absolute Gasteiger partial charge is 0.490 e. The van der Waals surface area contributed by atoms with Crippen LogP contribution in [-0.2, 0) is 9.59 Å². The van der Waals surface area contributed by atoms with Crippen LogP contribution in [0.3, 0.4) is 0 Å². The van der Waals surface area contributed by atoms with E-state index in [1.165, 1.54) is 30.6 Å². The minimum atomic E-state index is -1.06. The van der Waals surface area contributed by atoms with Crippen molar-refractivity contribution in [2.75, 3.05) is 13.2 Å². The Labute approximate surface area is 200 Å². The van der Waals surface area contributed by atoms with Crippen LogP contribution in [0, 0.1) is 0 Å². The van der Waals surface area contributed by atoms with Crippen molar-refractivity contribution in [1.29, 1.82) is 0 Å². The Morgan fingerprint density at radius 1 is 1.12 bits per heavy atom. The van der Waals surface area contributed by atoms with Crippen molar-refractivity contribution in [3.05, 3.63) is 28.7 Å². The van der Waals surface area contributed by atoms with Crippen molar-refractivity contribution in [1.82, 2.24) is 4.90 Å². The van der Waals surface area contributed by atoms with E-state index in [1.54, 1.807) is 13.0 Å². The molecular weight excluding hydrogens is 446 g/mol. The van der Waals surface area contributed by atoms with E-state index in [2.05, 4.69) is 6.92 Å². The first-order chi connectivity index (χ1) is 15.4. The lowest BCUT2D eigenvalue weighted by molar-refractivity contribution is -0.145. The molecule has 1 N–H and O–H groups in total. The maximum Gasteiger partial charge on any atom is 0.326 e. The molecule has 1 aromatic rings. The number of carboxylic acid groups (broad SMARTS) is 1. The van der Waals surface area contributed by atoms with Crippen LogP contribution < -0.4 is 9.47 Å². The summed E-state index contributed by atoms with van der Waals surface area (Å²) in [5.74, 6) is -0.132. The number of rotatable bonds is 14. The zero-order chi connectivity index (χ0) is 23.5. The fraction of sp³-hybridized carbons (Fsp3) is 0.542. The summed E-state index contributed by atoms with van der Waals surface area (Å²) < 4.78 is 11.9. The van der Waals surface area contributed by atoms with Gasteiger partial charge in [0.25, 0.3) is 5.91 Å². The lowest BCUT2D eigenvalue weighted by atomic mass is 10.1. The number of hydrogen-bond donors (Lipinski definition) is 1. The molecule has 1 fully saturated rings. The molecule has 8 heteroatoms. The van der Waals surface area contributed by atoms with Crippen LogP contribution in [0.5, 0.6) is 11.5 Å². The number of nitrogens with zero attached hydrogens (tertiary/aromatic N) is 1. The van der Waals surface area contributed by atoms with E-state index in [9.17, 15) is 14.7 Å². The molecule has 0 saturated carbocycles. The summed E-state index contributed by atoms with van der Waals surface area (Å²) in [6, 6.07) is 4.59. The number of hydrogen-bond acceptors (Lipinski definition) is 6. The van der Waals surface area contributed by atoms with Crippen molar-refractivity contribution >= 4 is 46.3 Å². The van der Waals surface area contributed by atoms with Crippen molar-refractivity contribution in [2.45, 2.75) is 71.8 Å². The van der Waals surface area contributed by atoms with Gasteiger partial charge in [0.05, 0.1) is 18.1 Å². The normalized spacial score (nSPS) is 16.0. The number of benzene rings is 1. The van der Waals surface area contributed by atoms with E-state index < -0.39 is 12.0 Å². The van der Waals surface area contributed by atoms with Crippen LogP contribution in [0.25, 0.3) is 6.08 Å². The van der Waals surface area contributed by atoms with Gasteiger partial charge < -0.3 is 14.6 Å². The van der Waals surface area contributed by atoms with E-state index in [-0.39, 0.29) is 16.6 Å². The number of thiocarbonyl (C=S) groups is 1. The first-order valence-electron chi connectivity index (χ1n) is 11.3. The molecule has 1 aliphatic rings. The molecule has 1 aromatic carbocycles. The highest BCUT2D eigenvalue weighted by Crippen LogP contribution is 2.36. The van der Waals surface area contributed by atoms with E-state index in [4.69, 9.17) is 21.7 Å². The highest BCUT2D eigenvalue weighted by Gasteiger charge is 2.39. The van der Waals surface area contributed by atoms with Crippen LogP contribution >= 0.6 is 24.0 Å². The number of thioether (sulfide) groups is 1. The summed E-state index contributed by atoms with van der Waals surface area (Å²) in [5, 5.41) is 9.40. The quantitative estimate of drug-likeness (QED) is 0.203. The number of unbranched alkanes of at least 4 members (excludes halogenated alkanes) is 5. The summed E-state index contributed by atoms with van der Waals surface area (Å²) >= 11 is 6.39. The van der Waals surface area contributed by atoms with Crippen molar-refractivity contribution in [3.8, 4) is 11.5 Å². The molecule has 0 radical (unpaired) electrons. The minimum absolute atomic E-state index is 0.263. The molecule has 0 bridgehead atoms. The lowest BCUT2D eigenvalue weighted by Gasteiger charge is -2.21. The van der Waals surface area contributed by atoms with Crippen LogP contribution in [-0.4, -0.2) is 45.5 Å². The number of aliphatic carboxylic acids is 1. The molecule has 1 heterocycles. The highest BCUT2D eigenvalue weighted by atomic mass is 32.2. The Bertz CT molecular complexity index is 840. The van der Waals surface area contributed by atoms with Gasteiger partial charge >= 0.3 is 5.97 Å². The second-order valence-electron chi connectivity index (χ2n) is 7.57. The predicted molar refractivity (Wildman–Crippen MR) is 133 cm³/mol. The van der Waals surface area contributed by atoms with Crippen LogP contribution in [0.4, 0.5) is 0 Å². The first-order valence-corrected chi connectivity index (χ1v) is 12.5. The lowest BCUT2D eigenvalue weighted by Crippen LogP contribution is -2.43. The average Bonchev–Trinajstić information content (AvgIpc) is 3.03. The van der Waals surface area contributed by atoms with Crippen LogP contribution in [0.1, 0.15) is 71.3 Å². The molecule has 0 unspecified atom stereocenters. The monoisotopic (exact) mass is 479 g/mol. The topological polar surface area (TPSA) is 76.1 Å². The fourth-order valence-corrected chi connectivity index (χ4v) is 4.79. The number of carboxylic acids is 1. The molecule has 1 amide bonds. The Kier molecular flexibility index (Phi) is 11.0. The Hall–Kier alpha value is -2.06. The van der Waals surface area contributed by atoms with Gasteiger partial charge in [-0.2, -0.15) is 0 Å². The summed E-state index contributed by atoms with van der Waals surface area (Å²) in [6.45, 7) is 6.97. The minimum Gasteiger partial charge on any atom is -0.490 e. The molecule has 2 rings (SSSR count). The standard InChI is InChI=1S/C24H33NO5S2/c1-4-7-8-9-10-11-14-30-19-13-12-17(15-20(19)29-6-3)16-21-22(26)25(24(31)32-21)18(5-2)23(27)28/h12-13,15-16,18H,4-11,14H2,1-3H3,(H,27,28)/b21-16+/t18-/m1/s1. The summed E-state index contributed by atoms with van der Waals surface area (Å²) in [4.78, 5) is 25.9. The fourth-order valence-electron chi connectivity index (χ4n) is 3.43. The molecule has 176 valence electrons. The number of carbonyl (C=O) groups is 2. The van der Waals surface area contributed by atoms with E-state index in [0.717, 1.165) is 30.2 Å². The number of carbonyl (C=O) groups excluding carboxylic acids is 1. The van der Waals surface area contributed by atoms with Crippen molar-refractivity contribution < 1.29 is 24.2 Å². The SMILES string of the molecule is CCCCCCCCOc1ccc(/C=C2/SC(=S)N([C@H](CC)C(=O)O)C2=O)cc1OCC. The second-order valence-corrected chi connectivity index (χ2v) is 9.25. The van der Waals surface area contributed by atoms with Gasteiger partial charge in [-0.25, -0.2) is 4.79 Å². The van der Waals surface area contributed by atoms with Gasteiger partial charge in [0.15, 0.2) is 11.5 Å². The van der Waals surface area contributed by atoms with Gasteiger partial charge in [-0.15, -0.1) is 0 Å². The van der Waals surface area contributed by atoms with Crippen LogP contribution in [0.2, 0.25) is 0 Å². The second kappa shape index (κ2) is 13.5. The van der Waals surface area contributed by atoms with E-state index in [1.807, 2.05) is 25.1 Å². The van der Waals surface area contributed by atoms with Gasteiger partial charge in [-0.1, -0.05) is 76.0 Å². The Balaban J connectivity index is 2.08. The van der Waals surface area contributed by atoms with Gasteiger partial charge in [-0.3, -0.25) is 9.69 Å². The zero-order valence-electron chi connectivity index (χ0n) is 19.1. The van der Waals surface area contributed by atoms with Gasteiger partial charge in [0, 0.05) is 0 Å². The Morgan fingerprint density at radius 3 is 2.50 bits per heavy atom. The van der Waals surface area contributed by atoms with Gasteiger partial charge in [0.2, 0.25) is 0 Å². The maximum absolute atomic E-state index is 12.8. The molecule has 1 aliphatic heterocycles. The molecule has 0 aromatic heterocycles. The molecule has 0 spiro atoms. The van der Waals surface area contributed by atoms with Gasteiger partial charge in [0.1, 0.15) is 10.4 Å².